The highest BCUT2D eigenvalue weighted by atomic mass is 19.1. The van der Waals surface area contributed by atoms with Crippen molar-refractivity contribution in [2.45, 2.75) is 64.3 Å². The molecule has 1 saturated heterocycles. The van der Waals surface area contributed by atoms with Gasteiger partial charge in [0.15, 0.2) is 0 Å². The van der Waals surface area contributed by atoms with Gasteiger partial charge in [-0.3, -0.25) is 9.48 Å². The van der Waals surface area contributed by atoms with E-state index < -0.39 is 0 Å². The maximum atomic E-state index is 13.9. The van der Waals surface area contributed by atoms with Crippen LogP contribution in [0.15, 0.2) is 30.3 Å². The minimum atomic E-state index is -0.330. The fourth-order valence-corrected chi connectivity index (χ4v) is 3.94. The lowest BCUT2D eigenvalue weighted by molar-refractivity contribution is 0.0485. The van der Waals surface area contributed by atoms with Crippen LogP contribution in [0.3, 0.4) is 0 Å². The standard InChI is InChI=1S/C23H32FN3O2/c1-16(2)20-14-19(26-27(20)22(3,4)5)21(28)25-15-23(9-11-29-12-10-23)17-7-6-8-18(24)13-17/h6-8,13-14,16H,9-12,15H2,1-5H3,(H,25,28). The van der Waals surface area contributed by atoms with Crippen LogP contribution >= 0.6 is 0 Å². The maximum Gasteiger partial charge on any atom is 0.271 e. The van der Waals surface area contributed by atoms with Crippen molar-refractivity contribution in [3.63, 3.8) is 0 Å². The molecule has 158 valence electrons. The van der Waals surface area contributed by atoms with E-state index in [2.05, 4.69) is 45.0 Å². The SMILES string of the molecule is CC(C)c1cc(C(=O)NCC2(c3cccc(F)c3)CCOCC2)nn1C(C)(C)C. The van der Waals surface area contributed by atoms with Crippen LogP contribution in [0.4, 0.5) is 4.39 Å². The van der Waals surface area contributed by atoms with Gasteiger partial charge < -0.3 is 10.1 Å². The third-order valence-electron chi connectivity index (χ3n) is 5.67. The Hall–Kier alpha value is -2.21. The van der Waals surface area contributed by atoms with Crippen LogP contribution in [-0.2, 0) is 15.7 Å². The van der Waals surface area contributed by atoms with Gasteiger partial charge in [-0.15, -0.1) is 0 Å². The highest BCUT2D eigenvalue weighted by molar-refractivity contribution is 5.92. The van der Waals surface area contributed by atoms with Crippen LogP contribution in [0.5, 0.6) is 0 Å². The van der Waals surface area contributed by atoms with Gasteiger partial charge >= 0.3 is 0 Å². The molecular weight excluding hydrogens is 369 g/mol. The van der Waals surface area contributed by atoms with E-state index in [4.69, 9.17) is 4.74 Å². The number of benzene rings is 1. The lowest BCUT2D eigenvalue weighted by Gasteiger charge is -2.37. The summed E-state index contributed by atoms with van der Waals surface area (Å²) < 4.78 is 21.3. The first-order valence-electron chi connectivity index (χ1n) is 10.3. The lowest BCUT2D eigenvalue weighted by atomic mass is 9.74. The van der Waals surface area contributed by atoms with Crippen molar-refractivity contribution >= 4 is 5.91 Å². The summed E-state index contributed by atoms with van der Waals surface area (Å²) in [6.45, 7) is 12.1. The average Bonchev–Trinajstić information content (AvgIpc) is 3.13. The summed E-state index contributed by atoms with van der Waals surface area (Å²) in [5, 5.41) is 7.66. The molecule has 1 N–H and O–H groups in total. The predicted molar refractivity (Wildman–Crippen MR) is 112 cm³/mol. The quantitative estimate of drug-likeness (QED) is 0.809. The van der Waals surface area contributed by atoms with E-state index in [9.17, 15) is 9.18 Å². The third-order valence-corrected chi connectivity index (χ3v) is 5.67. The summed E-state index contributed by atoms with van der Waals surface area (Å²) in [7, 11) is 0. The van der Waals surface area contributed by atoms with Crippen LogP contribution in [-0.4, -0.2) is 35.4 Å². The Morgan fingerprint density at radius 3 is 2.52 bits per heavy atom. The molecule has 0 aliphatic carbocycles. The summed E-state index contributed by atoms with van der Waals surface area (Å²) >= 11 is 0. The van der Waals surface area contributed by atoms with Gasteiger partial charge in [-0.1, -0.05) is 26.0 Å². The first kappa shape index (κ1) is 21.5. The van der Waals surface area contributed by atoms with Gasteiger partial charge in [0.25, 0.3) is 5.91 Å². The summed E-state index contributed by atoms with van der Waals surface area (Å²) in [4.78, 5) is 13.0. The van der Waals surface area contributed by atoms with Gasteiger partial charge in [-0.2, -0.15) is 5.10 Å². The van der Waals surface area contributed by atoms with Gasteiger partial charge in [0, 0.05) is 30.9 Å². The molecule has 29 heavy (non-hydrogen) atoms. The zero-order chi connectivity index (χ0) is 21.2. The molecule has 0 spiro atoms. The highest BCUT2D eigenvalue weighted by Gasteiger charge is 2.35. The number of hydrogen-bond acceptors (Lipinski definition) is 3. The summed E-state index contributed by atoms with van der Waals surface area (Å²) in [6.07, 6.45) is 1.48. The summed E-state index contributed by atoms with van der Waals surface area (Å²) in [5.41, 5.74) is 1.83. The maximum absolute atomic E-state index is 13.9. The molecule has 1 aliphatic rings. The fourth-order valence-electron chi connectivity index (χ4n) is 3.94. The molecule has 0 bridgehead atoms. The van der Waals surface area contributed by atoms with E-state index >= 15 is 0 Å². The number of carbonyl (C=O) groups excluding carboxylic acids is 1. The summed E-state index contributed by atoms with van der Waals surface area (Å²) in [6, 6.07) is 8.56. The predicted octanol–water partition coefficient (Wildman–Crippen LogP) is 4.38. The molecule has 1 aliphatic heterocycles. The van der Waals surface area contributed by atoms with Gasteiger partial charge in [0.1, 0.15) is 11.5 Å². The van der Waals surface area contributed by atoms with Crippen LogP contribution in [0, 0.1) is 5.82 Å². The second kappa shape index (κ2) is 8.27. The largest absolute Gasteiger partial charge is 0.381 e. The average molecular weight is 402 g/mol. The number of carbonyl (C=O) groups is 1. The Kier molecular flexibility index (Phi) is 6.13. The molecule has 0 atom stereocenters. The Bertz CT molecular complexity index is 861. The lowest BCUT2D eigenvalue weighted by Crippen LogP contribution is -2.44. The first-order valence-corrected chi connectivity index (χ1v) is 10.3. The van der Waals surface area contributed by atoms with Gasteiger partial charge in [-0.25, -0.2) is 4.39 Å². The van der Waals surface area contributed by atoms with Crippen molar-refractivity contribution in [3.05, 3.63) is 53.1 Å². The van der Waals surface area contributed by atoms with Crippen molar-refractivity contribution < 1.29 is 13.9 Å². The molecule has 0 radical (unpaired) electrons. The number of nitrogens with zero attached hydrogens (tertiary/aromatic N) is 2. The number of nitrogens with one attached hydrogen (secondary N) is 1. The number of hydrogen-bond donors (Lipinski definition) is 1. The Morgan fingerprint density at radius 1 is 1.28 bits per heavy atom. The van der Waals surface area contributed by atoms with E-state index in [0.29, 0.717) is 25.5 Å². The number of rotatable bonds is 5. The second-order valence-corrected chi connectivity index (χ2v) is 9.28. The minimum absolute atomic E-state index is 0.197. The van der Waals surface area contributed by atoms with Crippen LogP contribution < -0.4 is 5.32 Å². The highest BCUT2D eigenvalue weighted by Crippen LogP contribution is 2.34. The van der Waals surface area contributed by atoms with E-state index in [-0.39, 0.29) is 28.6 Å². The number of aromatic nitrogens is 2. The second-order valence-electron chi connectivity index (χ2n) is 9.28. The van der Waals surface area contributed by atoms with Gasteiger partial charge in [0.2, 0.25) is 0 Å². The molecule has 0 saturated carbocycles. The topological polar surface area (TPSA) is 56.1 Å². The molecule has 1 aromatic heterocycles. The molecule has 6 heteroatoms. The third kappa shape index (κ3) is 4.69. The van der Waals surface area contributed by atoms with Crippen molar-refractivity contribution in [3.8, 4) is 0 Å². The molecule has 1 amide bonds. The number of ether oxygens (including phenoxy) is 1. The molecular formula is C23H32FN3O2. The minimum Gasteiger partial charge on any atom is -0.381 e. The fraction of sp³-hybridized carbons (Fsp3) is 0.565. The van der Waals surface area contributed by atoms with Crippen molar-refractivity contribution in [2.75, 3.05) is 19.8 Å². The van der Waals surface area contributed by atoms with Crippen LogP contribution in [0.2, 0.25) is 0 Å². The van der Waals surface area contributed by atoms with E-state index in [1.54, 1.807) is 12.1 Å². The summed E-state index contributed by atoms with van der Waals surface area (Å²) in [5.74, 6) is -0.195. The normalized spacial score (nSPS) is 16.8. The molecule has 3 rings (SSSR count). The smallest absolute Gasteiger partial charge is 0.271 e. The Labute approximate surface area is 172 Å². The van der Waals surface area contributed by atoms with E-state index in [1.807, 2.05) is 16.8 Å². The number of halogens is 1. The number of amides is 1. The van der Waals surface area contributed by atoms with Crippen molar-refractivity contribution in [1.82, 2.24) is 15.1 Å². The van der Waals surface area contributed by atoms with E-state index in [1.165, 1.54) is 6.07 Å². The van der Waals surface area contributed by atoms with Gasteiger partial charge in [-0.05, 0) is 63.3 Å². The molecule has 2 aromatic rings. The van der Waals surface area contributed by atoms with Crippen LogP contribution in [0.1, 0.15) is 75.1 Å². The van der Waals surface area contributed by atoms with Gasteiger partial charge in [0.05, 0.1) is 5.54 Å². The van der Waals surface area contributed by atoms with Crippen LogP contribution in [0.25, 0.3) is 0 Å². The van der Waals surface area contributed by atoms with Crippen molar-refractivity contribution in [1.29, 1.82) is 0 Å². The molecule has 1 fully saturated rings. The van der Waals surface area contributed by atoms with Crippen molar-refractivity contribution in [2.24, 2.45) is 0 Å². The Morgan fingerprint density at radius 2 is 1.97 bits per heavy atom. The molecule has 1 aromatic carbocycles. The zero-order valence-corrected chi connectivity index (χ0v) is 18.1. The molecule has 5 nitrogen and oxygen atoms in total. The monoisotopic (exact) mass is 401 g/mol. The molecule has 2 heterocycles. The molecule has 0 unspecified atom stereocenters. The van der Waals surface area contributed by atoms with E-state index in [0.717, 1.165) is 24.1 Å². The Balaban J connectivity index is 1.83. The first-order chi connectivity index (χ1) is 13.6. The zero-order valence-electron chi connectivity index (χ0n) is 18.1.